The molecule has 10 aliphatic rings. The topological polar surface area (TPSA) is 109 Å². The molecule has 2 aliphatic carbocycles. The molecule has 0 N–H and O–H groups in total. The summed E-state index contributed by atoms with van der Waals surface area (Å²) in [6, 6.07) is 0. The Hall–Kier alpha value is -0.460. The van der Waals surface area contributed by atoms with Crippen LogP contribution in [0.3, 0.4) is 0 Å². The van der Waals surface area contributed by atoms with Crippen LogP contribution in [-0.4, -0.2) is 82.0 Å². The summed E-state index contributed by atoms with van der Waals surface area (Å²) in [5, 5.41) is 0. The van der Waals surface area contributed by atoms with Gasteiger partial charge in [0.25, 0.3) is 5.79 Å². The zero-order chi connectivity index (χ0) is 36.4. The molecule has 15 heteroatoms. The molecule has 0 amide bonds. The van der Waals surface area contributed by atoms with E-state index < -0.39 is 82.3 Å². The van der Waals surface area contributed by atoms with Gasteiger partial charge in [0.2, 0.25) is 11.6 Å². The van der Waals surface area contributed by atoms with Crippen molar-refractivity contribution in [3.8, 4) is 0 Å². The molecule has 11 nitrogen and oxygen atoms in total. The van der Waals surface area contributed by atoms with Gasteiger partial charge in [-0.05, 0) is 83.0 Å². The lowest BCUT2D eigenvalue weighted by Crippen LogP contribution is -2.76. The van der Waals surface area contributed by atoms with Crippen molar-refractivity contribution < 1.29 is 65.4 Å². The molecule has 10 fully saturated rings. The van der Waals surface area contributed by atoms with Crippen molar-refractivity contribution in [2.75, 3.05) is 24.7 Å². The van der Waals surface area contributed by atoms with Gasteiger partial charge in [-0.3, -0.25) is 4.21 Å². The summed E-state index contributed by atoms with van der Waals surface area (Å²) in [6.45, 7) is 13.0. The molecule has 10 rings (SSSR count). The zero-order valence-electron chi connectivity index (χ0n) is 30.8. The van der Waals surface area contributed by atoms with E-state index in [2.05, 4.69) is 20.8 Å². The molecule has 4 bridgehead atoms. The highest BCUT2D eigenvalue weighted by Gasteiger charge is 2.77. The van der Waals surface area contributed by atoms with Gasteiger partial charge in [0.1, 0.15) is 0 Å². The van der Waals surface area contributed by atoms with Crippen LogP contribution in [0.5, 0.6) is 0 Å². The van der Waals surface area contributed by atoms with Crippen molar-refractivity contribution in [1.29, 1.82) is 0 Å². The summed E-state index contributed by atoms with van der Waals surface area (Å²) in [5.41, 5.74) is -1.91. The minimum absolute atomic E-state index is 0.0500. The second-order valence-electron chi connectivity index (χ2n) is 17.4. The van der Waals surface area contributed by atoms with Crippen LogP contribution in [-0.2, 0) is 58.8 Å². The van der Waals surface area contributed by atoms with Gasteiger partial charge in [-0.15, -0.1) is 0 Å². The van der Waals surface area contributed by atoms with Crippen LogP contribution in [0.15, 0.2) is 0 Å². The largest absolute Gasteiger partial charge is 0.443 e. The minimum atomic E-state index is -4.89. The molecule has 2 spiro atoms. The standard InChI is InChI=1S/C36H55F3O11S/c1-20-8-10-26-22(3)32(7,45-28-33(26)24(20)12-14-30(5,43-28)47-49-33)41-16-18-51(40)19-17-42-35(36(37,38)39)23(4)27-11-9-21(2)25-13-15-31(6)44-29(46-35)34(25,27)50-48-31/h20-29H,8-19H2,1-7H3/t20-,21-,22-,23-,24+,25+,26+,27+,28+,29+,30+,31+,32+,33-,34-,35-,51?/m1/s1. The average molecular weight is 753 g/mol. The van der Waals surface area contributed by atoms with Crippen LogP contribution in [0.1, 0.15) is 99.8 Å². The lowest BCUT2D eigenvalue weighted by atomic mass is 9.57. The summed E-state index contributed by atoms with van der Waals surface area (Å²) in [6.07, 6.45) is -0.958. The van der Waals surface area contributed by atoms with E-state index in [9.17, 15) is 4.21 Å². The lowest BCUT2D eigenvalue weighted by Gasteiger charge is -2.62. The number of rotatable bonds is 8. The van der Waals surface area contributed by atoms with E-state index in [1.165, 1.54) is 6.92 Å². The highest BCUT2D eigenvalue weighted by Crippen LogP contribution is 2.65. The SMILES string of the molecule is C[C@@H]1CC[C@H]2[C@@H](C)[C@@](C)(OCCS(=O)CCO[C@@]3(C(F)(F)F)O[C@@H]4O[C@]5(C)CC[C@H]6[C@H](C)CC[C@@H]([C@H]3C)[C@@]46OO5)O[C@@H]3O[C@]4(C)CC[C@@H]1[C@]32OO4. The highest BCUT2D eigenvalue weighted by atomic mass is 32.2. The van der Waals surface area contributed by atoms with Crippen LogP contribution >= 0.6 is 0 Å². The van der Waals surface area contributed by atoms with Crippen molar-refractivity contribution in [3.05, 3.63) is 0 Å². The fourth-order valence-electron chi connectivity index (χ4n) is 11.5. The zero-order valence-corrected chi connectivity index (χ0v) is 31.6. The monoisotopic (exact) mass is 752 g/mol. The molecule has 51 heavy (non-hydrogen) atoms. The molecular formula is C36H55F3O11S. The molecule has 8 saturated heterocycles. The van der Waals surface area contributed by atoms with Crippen LogP contribution in [0, 0.1) is 47.3 Å². The molecule has 2 saturated carbocycles. The number of alkyl halides is 3. The first kappa shape index (κ1) is 37.5. The van der Waals surface area contributed by atoms with Gasteiger partial charge < -0.3 is 28.4 Å². The maximum absolute atomic E-state index is 15.2. The van der Waals surface area contributed by atoms with E-state index in [1.807, 2.05) is 13.8 Å². The van der Waals surface area contributed by atoms with Crippen LogP contribution in [0.4, 0.5) is 13.2 Å². The Kier molecular flexibility index (Phi) is 9.20. The molecule has 0 aromatic rings. The fourth-order valence-corrected chi connectivity index (χ4v) is 12.2. The Morgan fingerprint density at radius 1 is 0.627 bits per heavy atom. The third-order valence-electron chi connectivity index (χ3n) is 14.5. The van der Waals surface area contributed by atoms with Gasteiger partial charge in [0.15, 0.2) is 29.6 Å². The second kappa shape index (κ2) is 12.5. The predicted octanol–water partition coefficient (Wildman–Crippen LogP) is 6.51. The number of hydrogen-bond acceptors (Lipinski definition) is 11. The molecule has 8 heterocycles. The summed E-state index contributed by atoms with van der Waals surface area (Å²) in [7, 11) is -1.56. The van der Waals surface area contributed by atoms with Crippen molar-refractivity contribution in [1.82, 2.24) is 0 Å². The Morgan fingerprint density at radius 3 is 1.65 bits per heavy atom. The van der Waals surface area contributed by atoms with E-state index in [4.69, 9.17) is 48.0 Å². The van der Waals surface area contributed by atoms with Crippen molar-refractivity contribution >= 4 is 10.8 Å². The molecule has 8 aliphatic heterocycles. The molecule has 17 atom stereocenters. The summed E-state index contributed by atoms with van der Waals surface area (Å²) >= 11 is 0. The molecule has 0 aromatic heterocycles. The van der Waals surface area contributed by atoms with E-state index in [0.29, 0.717) is 31.6 Å². The molecule has 0 aromatic carbocycles. The lowest BCUT2D eigenvalue weighted by molar-refractivity contribution is -0.598. The molecule has 292 valence electrons. The average Bonchev–Trinajstić information content (AvgIpc) is 3.43. The minimum Gasteiger partial charge on any atom is -0.349 e. The van der Waals surface area contributed by atoms with E-state index in [0.717, 1.165) is 25.7 Å². The third-order valence-corrected chi connectivity index (χ3v) is 15.8. The Balaban J connectivity index is 0.922. The number of fused-ring (bicyclic) bond motifs is 4. The van der Waals surface area contributed by atoms with E-state index >= 15 is 13.2 Å². The van der Waals surface area contributed by atoms with Gasteiger partial charge in [0.05, 0.1) is 13.2 Å². The third kappa shape index (κ3) is 5.51. The Labute approximate surface area is 300 Å². The smallest absolute Gasteiger partial charge is 0.349 e. The first-order valence-electron chi connectivity index (χ1n) is 19.1. The molecule has 0 radical (unpaired) electrons. The van der Waals surface area contributed by atoms with Gasteiger partial charge in [-0.25, -0.2) is 19.6 Å². The number of halogens is 3. The predicted molar refractivity (Wildman–Crippen MR) is 173 cm³/mol. The van der Waals surface area contributed by atoms with E-state index in [1.54, 1.807) is 6.92 Å². The highest BCUT2D eigenvalue weighted by molar-refractivity contribution is 7.85. The summed E-state index contributed by atoms with van der Waals surface area (Å²) in [5.74, 6) is -7.27. The second-order valence-corrected chi connectivity index (χ2v) is 19.1. The van der Waals surface area contributed by atoms with Crippen LogP contribution in [0.2, 0.25) is 0 Å². The summed E-state index contributed by atoms with van der Waals surface area (Å²) < 4.78 is 96.1. The fraction of sp³-hybridized carbons (Fsp3) is 1.00. The maximum atomic E-state index is 15.2. The summed E-state index contributed by atoms with van der Waals surface area (Å²) in [4.78, 5) is 23.9. The Morgan fingerprint density at radius 2 is 1.12 bits per heavy atom. The van der Waals surface area contributed by atoms with Crippen LogP contribution in [0.25, 0.3) is 0 Å². The van der Waals surface area contributed by atoms with Gasteiger partial charge in [-0.1, -0.05) is 27.7 Å². The van der Waals surface area contributed by atoms with Crippen LogP contribution < -0.4 is 0 Å². The maximum Gasteiger partial charge on any atom is 0.443 e. The van der Waals surface area contributed by atoms with Gasteiger partial charge >= 0.3 is 6.18 Å². The first-order valence-corrected chi connectivity index (χ1v) is 20.6. The first-order chi connectivity index (χ1) is 23.9. The van der Waals surface area contributed by atoms with Gasteiger partial charge in [0, 0.05) is 58.8 Å². The van der Waals surface area contributed by atoms with Crippen molar-refractivity contribution in [3.63, 3.8) is 0 Å². The van der Waals surface area contributed by atoms with E-state index in [-0.39, 0.29) is 47.7 Å². The Bertz CT molecular complexity index is 1380. The quantitative estimate of drug-likeness (QED) is 0.254. The number of ether oxygens (including phenoxy) is 6. The molecular weight excluding hydrogens is 697 g/mol. The van der Waals surface area contributed by atoms with Crippen molar-refractivity contribution in [2.45, 2.75) is 153 Å². The normalized spacial score (nSPS) is 55.3. The molecule has 1 unspecified atom stereocenters. The number of hydrogen-bond donors (Lipinski definition) is 0. The van der Waals surface area contributed by atoms with Gasteiger partial charge in [-0.2, -0.15) is 13.2 Å². The van der Waals surface area contributed by atoms with Crippen molar-refractivity contribution in [2.24, 2.45) is 47.3 Å².